The number of aromatic nitrogens is 1. The van der Waals surface area contributed by atoms with Gasteiger partial charge in [-0.1, -0.05) is 17.2 Å². The zero-order chi connectivity index (χ0) is 15.7. The first-order chi connectivity index (χ1) is 10.6. The summed E-state index contributed by atoms with van der Waals surface area (Å²) in [6, 6.07) is 8.04. The van der Waals surface area contributed by atoms with E-state index < -0.39 is 17.8 Å². The monoisotopic (exact) mass is 296 g/mol. The molecule has 0 bridgehead atoms. The predicted molar refractivity (Wildman–Crippen MR) is 75.7 cm³/mol. The maximum Gasteiger partial charge on any atom is 0.337 e. The molecule has 0 aliphatic carbocycles. The Hall–Kier alpha value is -3.02. The van der Waals surface area contributed by atoms with Crippen LogP contribution in [0, 0.1) is 6.92 Å². The average Bonchev–Trinajstić information content (AvgIpc) is 2.75. The molecule has 6 heteroatoms. The van der Waals surface area contributed by atoms with E-state index in [0.717, 1.165) is 11.1 Å². The van der Waals surface area contributed by atoms with Crippen molar-refractivity contribution in [3.05, 3.63) is 65.0 Å². The first kappa shape index (κ1) is 13.9. The lowest BCUT2D eigenvalue weighted by Crippen LogP contribution is -2.33. The van der Waals surface area contributed by atoms with Crippen LogP contribution in [0.4, 0.5) is 0 Å². The van der Waals surface area contributed by atoms with Crippen LogP contribution < -0.4 is 0 Å². The van der Waals surface area contributed by atoms with E-state index in [9.17, 15) is 14.4 Å². The third kappa shape index (κ3) is 2.35. The van der Waals surface area contributed by atoms with Gasteiger partial charge < -0.3 is 4.84 Å². The summed E-state index contributed by atoms with van der Waals surface area (Å²) >= 11 is 0. The Labute approximate surface area is 126 Å². The number of aryl methyl sites for hydroxylation is 1. The molecule has 0 spiro atoms. The number of carbonyl (C=O) groups is 3. The first-order valence-corrected chi connectivity index (χ1v) is 6.66. The van der Waals surface area contributed by atoms with Crippen molar-refractivity contribution in [2.75, 3.05) is 0 Å². The number of nitrogens with zero attached hydrogens (tertiary/aromatic N) is 2. The van der Waals surface area contributed by atoms with Crippen molar-refractivity contribution in [1.82, 2.24) is 10.0 Å². The highest BCUT2D eigenvalue weighted by molar-refractivity contribution is 6.20. The molecule has 0 saturated carbocycles. The summed E-state index contributed by atoms with van der Waals surface area (Å²) in [6.45, 7) is 1.82. The van der Waals surface area contributed by atoms with Gasteiger partial charge >= 0.3 is 5.97 Å². The summed E-state index contributed by atoms with van der Waals surface area (Å²) in [4.78, 5) is 45.0. The zero-order valence-corrected chi connectivity index (χ0v) is 11.8. The molecular weight excluding hydrogens is 284 g/mol. The molecule has 1 aromatic carbocycles. The first-order valence-electron chi connectivity index (χ1n) is 6.66. The predicted octanol–water partition coefficient (Wildman–Crippen LogP) is 1.69. The van der Waals surface area contributed by atoms with Gasteiger partial charge in [0.25, 0.3) is 11.8 Å². The Morgan fingerprint density at radius 3 is 2.36 bits per heavy atom. The normalized spacial score (nSPS) is 13.2. The summed E-state index contributed by atoms with van der Waals surface area (Å²) in [7, 11) is 0. The van der Waals surface area contributed by atoms with Crippen LogP contribution in [0.3, 0.4) is 0 Å². The van der Waals surface area contributed by atoms with Crippen LogP contribution in [0.25, 0.3) is 0 Å². The Morgan fingerprint density at radius 1 is 1.14 bits per heavy atom. The highest BCUT2D eigenvalue weighted by Crippen LogP contribution is 2.23. The summed E-state index contributed by atoms with van der Waals surface area (Å²) in [6.07, 6.45) is 3.16. The van der Waals surface area contributed by atoms with Crippen LogP contribution >= 0.6 is 0 Å². The highest BCUT2D eigenvalue weighted by atomic mass is 16.7. The standard InChI is InChI=1S/C16H12N2O4/c1-10-9-17-7-6-11(10)8-14(19)22-18-15(20)12-4-2-3-5-13(12)16(18)21/h2-7,9H,8H2,1H3. The molecule has 2 aromatic rings. The lowest BCUT2D eigenvalue weighted by molar-refractivity contribution is -0.167. The number of pyridine rings is 1. The number of carbonyl (C=O) groups excluding carboxylic acids is 3. The molecular formula is C16H12N2O4. The smallest absolute Gasteiger partial charge is 0.329 e. The largest absolute Gasteiger partial charge is 0.337 e. The summed E-state index contributed by atoms with van der Waals surface area (Å²) in [5.41, 5.74) is 2.04. The van der Waals surface area contributed by atoms with Crippen molar-refractivity contribution < 1.29 is 19.2 Å². The number of hydrogen-bond acceptors (Lipinski definition) is 5. The van der Waals surface area contributed by atoms with E-state index in [2.05, 4.69) is 4.98 Å². The minimum atomic E-state index is -0.677. The van der Waals surface area contributed by atoms with Gasteiger partial charge in [-0.2, -0.15) is 0 Å². The van der Waals surface area contributed by atoms with Crippen LogP contribution in [0.2, 0.25) is 0 Å². The Morgan fingerprint density at radius 2 is 1.77 bits per heavy atom. The number of amides is 2. The molecule has 0 radical (unpaired) electrons. The molecule has 110 valence electrons. The topological polar surface area (TPSA) is 76.6 Å². The van der Waals surface area contributed by atoms with Crippen LogP contribution in [0.5, 0.6) is 0 Å². The molecule has 0 atom stereocenters. The van der Waals surface area contributed by atoms with Crippen molar-refractivity contribution >= 4 is 17.8 Å². The van der Waals surface area contributed by atoms with Crippen molar-refractivity contribution in [3.63, 3.8) is 0 Å². The third-order valence-corrected chi connectivity index (χ3v) is 3.42. The third-order valence-electron chi connectivity index (χ3n) is 3.42. The second-order valence-electron chi connectivity index (χ2n) is 4.89. The molecule has 22 heavy (non-hydrogen) atoms. The van der Waals surface area contributed by atoms with Gasteiger partial charge in [0.2, 0.25) is 0 Å². The van der Waals surface area contributed by atoms with Gasteiger partial charge in [-0.15, -0.1) is 0 Å². The van der Waals surface area contributed by atoms with E-state index in [4.69, 9.17) is 4.84 Å². The molecule has 0 N–H and O–H groups in total. The summed E-state index contributed by atoms with van der Waals surface area (Å²) < 4.78 is 0. The summed E-state index contributed by atoms with van der Waals surface area (Å²) in [5.74, 6) is -1.93. The number of benzene rings is 1. The molecule has 0 saturated heterocycles. The van der Waals surface area contributed by atoms with Gasteiger partial charge in [-0.3, -0.25) is 14.6 Å². The minimum absolute atomic E-state index is 0.0399. The maximum absolute atomic E-state index is 12.1. The molecule has 2 heterocycles. The van der Waals surface area contributed by atoms with Crippen LogP contribution in [0.1, 0.15) is 31.8 Å². The quantitative estimate of drug-likeness (QED) is 0.805. The van der Waals surface area contributed by atoms with E-state index >= 15 is 0 Å². The van der Waals surface area contributed by atoms with Gasteiger partial charge in [-0.25, -0.2) is 4.79 Å². The van der Waals surface area contributed by atoms with Crippen molar-refractivity contribution in [2.24, 2.45) is 0 Å². The number of imide groups is 1. The molecule has 0 unspecified atom stereocenters. The van der Waals surface area contributed by atoms with Crippen molar-refractivity contribution in [1.29, 1.82) is 0 Å². The molecule has 1 aliphatic rings. The SMILES string of the molecule is Cc1cnccc1CC(=O)ON1C(=O)c2ccccc2C1=O. The molecule has 1 aliphatic heterocycles. The highest BCUT2D eigenvalue weighted by Gasteiger charge is 2.38. The fourth-order valence-electron chi connectivity index (χ4n) is 2.24. The van der Waals surface area contributed by atoms with E-state index in [1.54, 1.807) is 30.6 Å². The van der Waals surface area contributed by atoms with Crippen molar-refractivity contribution in [3.8, 4) is 0 Å². The van der Waals surface area contributed by atoms with Crippen LogP contribution in [0.15, 0.2) is 42.7 Å². The van der Waals surface area contributed by atoms with E-state index in [-0.39, 0.29) is 17.5 Å². The van der Waals surface area contributed by atoms with Crippen LogP contribution in [-0.4, -0.2) is 27.8 Å². The Balaban J connectivity index is 1.75. The van der Waals surface area contributed by atoms with Gasteiger partial charge in [0.15, 0.2) is 0 Å². The van der Waals surface area contributed by atoms with Gasteiger partial charge in [0, 0.05) is 12.4 Å². The molecule has 2 amide bonds. The molecule has 3 rings (SSSR count). The second-order valence-corrected chi connectivity index (χ2v) is 4.89. The Bertz CT molecular complexity index is 750. The van der Waals surface area contributed by atoms with Crippen molar-refractivity contribution in [2.45, 2.75) is 13.3 Å². The fourth-order valence-corrected chi connectivity index (χ4v) is 2.24. The lowest BCUT2D eigenvalue weighted by atomic mass is 10.1. The van der Waals surface area contributed by atoms with E-state index in [0.29, 0.717) is 5.06 Å². The van der Waals surface area contributed by atoms with Gasteiger partial charge in [-0.05, 0) is 36.2 Å². The van der Waals surface area contributed by atoms with Crippen LogP contribution in [-0.2, 0) is 16.1 Å². The maximum atomic E-state index is 12.1. The molecule has 0 fully saturated rings. The minimum Gasteiger partial charge on any atom is -0.329 e. The van der Waals surface area contributed by atoms with Gasteiger partial charge in [0.05, 0.1) is 17.5 Å². The molecule has 6 nitrogen and oxygen atoms in total. The van der Waals surface area contributed by atoms with E-state index in [1.807, 2.05) is 6.92 Å². The molecule has 1 aromatic heterocycles. The lowest BCUT2D eigenvalue weighted by Gasteiger charge is -2.13. The number of fused-ring (bicyclic) bond motifs is 1. The zero-order valence-electron chi connectivity index (χ0n) is 11.8. The van der Waals surface area contributed by atoms with Gasteiger partial charge in [0.1, 0.15) is 0 Å². The average molecular weight is 296 g/mol. The summed E-state index contributed by atoms with van der Waals surface area (Å²) in [5, 5.41) is 0.517. The number of hydroxylamine groups is 2. The van der Waals surface area contributed by atoms with E-state index in [1.165, 1.54) is 12.1 Å². The second kappa shape index (κ2) is 5.40. The number of hydrogen-bond donors (Lipinski definition) is 0. The number of rotatable bonds is 3. The fraction of sp³-hybridized carbons (Fsp3) is 0.125. The Kier molecular flexibility index (Phi) is 3.42.